The lowest BCUT2D eigenvalue weighted by molar-refractivity contribution is -0.128. The van der Waals surface area contributed by atoms with Crippen molar-refractivity contribution in [1.82, 2.24) is 24.4 Å². The quantitative estimate of drug-likeness (QED) is 0.429. The Morgan fingerprint density at radius 2 is 2.06 bits per heavy atom. The van der Waals surface area contributed by atoms with Gasteiger partial charge in [-0.1, -0.05) is 6.07 Å². The van der Waals surface area contributed by atoms with Crippen LogP contribution in [0, 0.1) is 18.3 Å². The van der Waals surface area contributed by atoms with Gasteiger partial charge >= 0.3 is 0 Å². The summed E-state index contributed by atoms with van der Waals surface area (Å²) in [6.07, 6.45) is 5.99. The third-order valence-electron chi connectivity index (χ3n) is 7.42. The van der Waals surface area contributed by atoms with Crippen molar-refractivity contribution in [3.63, 3.8) is 0 Å². The molecule has 182 valence electrons. The molecule has 3 atom stereocenters. The van der Waals surface area contributed by atoms with Crippen LogP contribution in [0.5, 0.6) is 0 Å². The molecule has 36 heavy (non-hydrogen) atoms. The predicted molar refractivity (Wildman–Crippen MR) is 135 cm³/mol. The van der Waals surface area contributed by atoms with Crippen LogP contribution in [0.1, 0.15) is 60.8 Å². The van der Waals surface area contributed by atoms with Gasteiger partial charge in [-0.15, -0.1) is 0 Å². The van der Waals surface area contributed by atoms with Crippen LogP contribution in [0.25, 0.3) is 21.9 Å². The van der Waals surface area contributed by atoms with E-state index >= 15 is 0 Å². The summed E-state index contributed by atoms with van der Waals surface area (Å²) < 4.78 is 8.20. The normalized spacial score (nSPS) is 22.4. The average Bonchev–Trinajstić information content (AvgIpc) is 3.45. The molecule has 1 amide bonds. The van der Waals surface area contributed by atoms with Gasteiger partial charge in [0.1, 0.15) is 11.3 Å². The standard InChI is InChI=1S/C28H28N6O2/c1-17-3-4-20(13-30-17)15-33-16-21(11-26(33)35)28-32-25-14-31-24-6-5-19(12-29)10-23(24)27(25)34(28)22-7-8-36-18(2)9-22/h3-6,10,13-14,18,21-22H,7-9,11,15-16H2,1-2H3/t18-,21?,22-/m1/s1. The Morgan fingerprint density at radius 1 is 1.17 bits per heavy atom. The second-order valence-electron chi connectivity index (χ2n) is 10.0. The zero-order chi connectivity index (χ0) is 24.8. The van der Waals surface area contributed by atoms with Gasteiger partial charge in [-0.2, -0.15) is 5.26 Å². The van der Waals surface area contributed by atoms with Gasteiger partial charge in [0.25, 0.3) is 0 Å². The molecule has 0 N–H and O–H groups in total. The molecule has 0 saturated carbocycles. The summed E-state index contributed by atoms with van der Waals surface area (Å²) in [5.41, 5.74) is 5.23. The zero-order valence-electron chi connectivity index (χ0n) is 20.5. The molecule has 2 aliphatic heterocycles. The first-order chi connectivity index (χ1) is 17.5. The highest BCUT2D eigenvalue weighted by Gasteiger charge is 2.36. The molecule has 0 bridgehead atoms. The highest BCUT2D eigenvalue weighted by atomic mass is 16.5. The van der Waals surface area contributed by atoms with Crippen LogP contribution in [0.2, 0.25) is 0 Å². The third-order valence-corrected chi connectivity index (χ3v) is 7.42. The second kappa shape index (κ2) is 8.99. The molecule has 2 fully saturated rings. The summed E-state index contributed by atoms with van der Waals surface area (Å²) in [6.45, 7) is 5.92. The predicted octanol–water partition coefficient (Wildman–Crippen LogP) is 4.42. The Morgan fingerprint density at radius 3 is 2.83 bits per heavy atom. The van der Waals surface area contributed by atoms with Gasteiger partial charge in [0.05, 0.1) is 35.0 Å². The maximum Gasteiger partial charge on any atom is 0.223 e. The van der Waals surface area contributed by atoms with Gasteiger partial charge in [0, 0.05) is 55.4 Å². The molecule has 2 aliphatic rings. The average molecular weight is 481 g/mol. The van der Waals surface area contributed by atoms with Crippen LogP contribution >= 0.6 is 0 Å². The minimum atomic E-state index is -0.0179. The molecular weight excluding hydrogens is 452 g/mol. The first-order valence-electron chi connectivity index (χ1n) is 12.5. The Labute approximate surface area is 209 Å². The van der Waals surface area contributed by atoms with Gasteiger partial charge in [0.2, 0.25) is 5.91 Å². The number of rotatable bonds is 4. The lowest BCUT2D eigenvalue weighted by Gasteiger charge is -2.31. The number of fused-ring (bicyclic) bond motifs is 3. The third kappa shape index (κ3) is 3.99. The second-order valence-corrected chi connectivity index (χ2v) is 10.0. The summed E-state index contributed by atoms with van der Waals surface area (Å²) in [5.74, 6) is 1.04. The Kier molecular flexibility index (Phi) is 5.65. The molecule has 0 spiro atoms. The number of nitriles is 1. The monoisotopic (exact) mass is 480 g/mol. The molecule has 8 nitrogen and oxygen atoms in total. The van der Waals surface area contributed by atoms with Gasteiger partial charge in [0.15, 0.2) is 0 Å². The van der Waals surface area contributed by atoms with E-state index in [0.29, 0.717) is 31.7 Å². The first kappa shape index (κ1) is 22.6. The molecule has 3 aromatic heterocycles. The van der Waals surface area contributed by atoms with Crippen molar-refractivity contribution < 1.29 is 9.53 Å². The minimum Gasteiger partial charge on any atom is -0.378 e. The number of benzene rings is 1. The molecule has 4 aromatic rings. The number of imidazole rings is 1. The Bertz CT molecular complexity index is 1500. The summed E-state index contributed by atoms with van der Waals surface area (Å²) >= 11 is 0. The van der Waals surface area contributed by atoms with Gasteiger partial charge in [-0.25, -0.2) is 4.98 Å². The maximum atomic E-state index is 13.1. The van der Waals surface area contributed by atoms with Gasteiger partial charge in [-0.3, -0.25) is 14.8 Å². The van der Waals surface area contributed by atoms with Crippen molar-refractivity contribution in [3.05, 3.63) is 65.4 Å². The summed E-state index contributed by atoms with van der Waals surface area (Å²) in [5, 5.41) is 10.5. The fourth-order valence-corrected chi connectivity index (χ4v) is 5.64. The number of aromatic nitrogens is 4. The van der Waals surface area contributed by atoms with E-state index < -0.39 is 0 Å². The Balaban J connectivity index is 1.44. The van der Waals surface area contributed by atoms with Crippen molar-refractivity contribution >= 4 is 27.8 Å². The fourth-order valence-electron chi connectivity index (χ4n) is 5.64. The van der Waals surface area contributed by atoms with Crippen molar-refractivity contribution in [2.24, 2.45) is 0 Å². The summed E-state index contributed by atoms with van der Waals surface area (Å²) in [6, 6.07) is 12.1. The smallest absolute Gasteiger partial charge is 0.223 e. The number of hydrogen-bond acceptors (Lipinski definition) is 6. The SMILES string of the molecule is Cc1ccc(CN2CC(c3nc4cnc5ccc(C#N)cc5c4n3[C@@H]3CCO[C@H](C)C3)CC2=O)cn1. The number of carbonyl (C=O) groups excluding carboxylic acids is 1. The topological polar surface area (TPSA) is 96.9 Å². The molecule has 5 heterocycles. The van der Waals surface area contributed by atoms with E-state index in [-0.39, 0.29) is 24.0 Å². The van der Waals surface area contributed by atoms with E-state index in [2.05, 4.69) is 27.5 Å². The van der Waals surface area contributed by atoms with Crippen LogP contribution in [0.3, 0.4) is 0 Å². The van der Waals surface area contributed by atoms with E-state index in [9.17, 15) is 10.1 Å². The van der Waals surface area contributed by atoms with E-state index in [1.165, 1.54) is 0 Å². The molecule has 8 heteroatoms. The van der Waals surface area contributed by atoms with E-state index in [0.717, 1.165) is 51.9 Å². The van der Waals surface area contributed by atoms with Crippen LogP contribution < -0.4 is 0 Å². The van der Waals surface area contributed by atoms with Crippen LogP contribution in [-0.4, -0.2) is 49.6 Å². The minimum absolute atomic E-state index is 0.0179. The van der Waals surface area contributed by atoms with Gasteiger partial charge < -0.3 is 14.2 Å². The molecule has 1 unspecified atom stereocenters. The van der Waals surface area contributed by atoms with Crippen molar-refractivity contribution in [3.8, 4) is 6.07 Å². The molecule has 0 aliphatic carbocycles. The number of nitrogens with zero attached hydrogens (tertiary/aromatic N) is 6. The fraction of sp³-hybridized carbons (Fsp3) is 0.393. The summed E-state index contributed by atoms with van der Waals surface area (Å²) in [7, 11) is 0. The lowest BCUT2D eigenvalue weighted by atomic mass is 10.0. The number of amides is 1. The number of aryl methyl sites for hydroxylation is 1. The van der Waals surface area contributed by atoms with Crippen LogP contribution in [-0.2, 0) is 16.1 Å². The largest absolute Gasteiger partial charge is 0.378 e. The maximum absolute atomic E-state index is 13.1. The van der Waals surface area contributed by atoms with Crippen molar-refractivity contribution in [2.75, 3.05) is 13.2 Å². The summed E-state index contributed by atoms with van der Waals surface area (Å²) in [4.78, 5) is 29.1. The number of ether oxygens (including phenoxy) is 1. The van der Waals surface area contributed by atoms with E-state index in [4.69, 9.17) is 9.72 Å². The number of carbonyl (C=O) groups is 1. The van der Waals surface area contributed by atoms with E-state index in [1.54, 1.807) is 6.07 Å². The zero-order valence-corrected chi connectivity index (χ0v) is 20.5. The first-order valence-corrected chi connectivity index (χ1v) is 12.5. The van der Waals surface area contributed by atoms with Crippen molar-refractivity contribution in [2.45, 2.75) is 57.7 Å². The lowest BCUT2D eigenvalue weighted by Crippen LogP contribution is -2.28. The number of hydrogen-bond donors (Lipinski definition) is 0. The highest BCUT2D eigenvalue weighted by Crippen LogP contribution is 2.38. The van der Waals surface area contributed by atoms with E-state index in [1.807, 2.05) is 48.5 Å². The number of likely N-dealkylation sites (tertiary alicyclic amines) is 1. The molecule has 6 rings (SSSR count). The highest BCUT2D eigenvalue weighted by molar-refractivity contribution is 6.03. The van der Waals surface area contributed by atoms with Crippen molar-refractivity contribution in [1.29, 1.82) is 5.26 Å². The van der Waals surface area contributed by atoms with Crippen LogP contribution in [0.4, 0.5) is 0 Å². The number of pyridine rings is 2. The molecule has 2 saturated heterocycles. The molecule has 1 aromatic carbocycles. The molecule has 0 radical (unpaired) electrons. The molecular formula is C28H28N6O2. The van der Waals surface area contributed by atoms with Crippen LogP contribution in [0.15, 0.2) is 42.7 Å². The Hall–Kier alpha value is -3.83. The van der Waals surface area contributed by atoms with Gasteiger partial charge in [-0.05, 0) is 56.5 Å².